The molecular weight excluding hydrogens is 202 g/mol. The average molecular weight is 215 g/mol. The molecule has 1 saturated heterocycles. The van der Waals surface area contributed by atoms with Gasteiger partial charge in [0.25, 0.3) is 0 Å². The third kappa shape index (κ3) is 2.63. The van der Waals surface area contributed by atoms with Gasteiger partial charge in [-0.2, -0.15) is 4.37 Å². The normalized spacial score (nSPS) is 22.2. The van der Waals surface area contributed by atoms with Gasteiger partial charge in [-0.25, -0.2) is 4.98 Å². The van der Waals surface area contributed by atoms with Crippen molar-refractivity contribution in [3.8, 4) is 0 Å². The second-order valence-electron chi connectivity index (χ2n) is 3.10. The van der Waals surface area contributed by atoms with Crippen LogP contribution in [0.25, 0.3) is 0 Å². The summed E-state index contributed by atoms with van der Waals surface area (Å²) >= 11 is 1.37. The Hall–Kier alpha value is -0.720. The van der Waals surface area contributed by atoms with E-state index in [9.17, 15) is 0 Å². The fraction of sp³-hybridized carbons (Fsp3) is 0.750. The Morgan fingerprint density at radius 1 is 1.57 bits per heavy atom. The van der Waals surface area contributed by atoms with E-state index < -0.39 is 0 Å². The maximum Gasteiger partial charge on any atom is 0.202 e. The van der Waals surface area contributed by atoms with E-state index >= 15 is 0 Å². The maximum absolute atomic E-state index is 5.48. The number of anilines is 1. The number of nitrogens with zero attached hydrogens (tertiary/aromatic N) is 2. The molecule has 2 heterocycles. The number of nitrogens with one attached hydrogen (secondary N) is 1. The molecule has 1 aliphatic heterocycles. The van der Waals surface area contributed by atoms with Crippen molar-refractivity contribution in [3.05, 3.63) is 5.82 Å². The zero-order valence-corrected chi connectivity index (χ0v) is 8.84. The van der Waals surface area contributed by atoms with E-state index in [0.29, 0.717) is 19.8 Å². The van der Waals surface area contributed by atoms with Crippen molar-refractivity contribution in [2.75, 3.05) is 31.7 Å². The van der Waals surface area contributed by atoms with Crippen molar-refractivity contribution < 1.29 is 9.47 Å². The van der Waals surface area contributed by atoms with E-state index in [0.717, 1.165) is 17.5 Å². The average Bonchev–Trinajstić information content (AvgIpc) is 2.63. The summed E-state index contributed by atoms with van der Waals surface area (Å²) in [6.07, 6.45) is 0.132. The molecule has 1 aliphatic rings. The van der Waals surface area contributed by atoms with Crippen LogP contribution in [0.2, 0.25) is 0 Å². The van der Waals surface area contributed by atoms with E-state index in [2.05, 4.69) is 14.7 Å². The number of aromatic nitrogens is 2. The highest BCUT2D eigenvalue weighted by molar-refractivity contribution is 7.09. The lowest BCUT2D eigenvalue weighted by atomic mass is 10.3. The van der Waals surface area contributed by atoms with Crippen molar-refractivity contribution in [2.24, 2.45) is 0 Å². The van der Waals surface area contributed by atoms with Crippen LogP contribution in [0.4, 0.5) is 5.13 Å². The number of hydrogen-bond acceptors (Lipinski definition) is 6. The van der Waals surface area contributed by atoms with Crippen molar-refractivity contribution in [1.82, 2.24) is 9.36 Å². The second-order valence-corrected chi connectivity index (χ2v) is 3.85. The summed E-state index contributed by atoms with van der Waals surface area (Å²) in [4.78, 5) is 4.20. The molecule has 2 rings (SSSR count). The number of aryl methyl sites for hydroxylation is 1. The van der Waals surface area contributed by atoms with E-state index in [4.69, 9.17) is 9.47 Å². The first kappa shape index (κ1) is 9.82. The van der Waals surface area contributed by atoms with Crippen molar-refractivity contribution in [3.63, 3.8) is 0 Å². The minimum absolute atomic E-state index is 0.132. The van der Waals surface area contributed by atoms with E-state index in [-0.39, 0.29) is 6.10 Å². The molecule has 1 unspecified atom stereocenters. The largest absolute Gasteiger partial charge is 0.376 e. The standard InChI is InChI=1S/C8H13N3O2S/c1-6-10-8(14-11-6)9-4-7-5-12-2-3-13-7/h7H,2-5H2,1H3,(H,9,10,11). The zero-order valence-electron chi connectivity index (χ0n) is 8.02. The molecule has 0 saturated carbocycles. The van der Waals surface area contributed by atoms with Crippen LogP contribution in [0.3, 0.4) is 0 Å². The van der Waals surface area contributed by atoms with Gasteiger partial charge in [-0.05, 0) is 6.92 Å². The molecule has 14 heavy (non-hydrogen) atoms. The Kier molecular flexibility index (Phi) is 3.28. The molecule has 1 fully saturated rings. The van der Waals surface area contributed by atoms with E-state index in [1.165, 1.54) is 11.5 Å². The minimum Gasteiger partial charge on any atom is -0.376 e. The van der Waals surface area contributed by atoms with Crippen LogP contribution in [-0.4, -0.2) is 41.8 Å². The third-order valence-corrected chi connectivity index (χ3v) is 2.66. The Labute approximate surface area is 86.6 Å². The molecule has 1 aromatic heterocycles. The van der Waals surface area contributed by atoms with Crippen molar-refractivity contribution >= 4 is 16.7 Å². The smallest absolute Gasteiger partial charge is 0.202 e. The lowest BCUT2D eigenvalue weighted by Crippen LogP contribution is -2.34. The summed E-state index contributed by atoms with van der Waals surface area (Å²) in [7, 11) is 0. The molecule has 0 amide bonds. The van der Waals surface area contributed by atoms with Crippen LogP contribution in [0.1, 0.15) is 5.82 Å². The molecule has 5 nitrogen and oxygen atoms in total. The van der Waals surface area contributed by atoms with Crippen LogP contribution in [0, 0.1) is 6.92 Å². The lowest BCUT2D eigenvalue weighted by Gasteiger charge is -2.22. The lowest BCUT2D eigenvalue weighted by molar-refractivity contribution is -0.0818. The first-order valence-electron chi connectivity index (χ1n) is 4.58. The molecule has 6 heteroatoms. The van der Waals surface area contributed by atoms with Gasteiger partial charge in [0.1, 0.15) is 5.82 Å². The molecule has 0 aromatic carbocycles. The van der Waals surface area contributed by atoms with Crippen LogP contribution >= 0.6 is 11.5 Å². The summed E-state index contributed by atoms with van der Waals surface area (Å²) in [5.41, 5.74) is 0. The number of ether oxygens (including phenoxy) is 2. The van der Waals surface area contributed by atoms with Gasteiger partial charge in [-0.1, -0.05) is 0 Å². The third-order valence-electron chi connectivity index (χ3n) is 1.89. The second kappa shape index (κ2) is 4.68. The monoisotopic (exact) mass is 215 g/mol. The fourth-order valence-corrected chi connectivity index (χ4v) is 1.80. The minimum atomic E-state index is 0.132. The molecule has 0 bridgehead atoms. The molecule has 0 spiro atoms. The Bertz CT molecular complexity index is 286. The highest BCUT2D eigenvalue weighted by Crippen LogP contribution is 2.10. The van der Waals surface area contributed by atoms with Gasteiger partial charge in [-0.15, -0.1) is 0 Å². The van der Waals surface area contributed by atoms with Gasteiger partial charge in [0, 0.05) is 18.1 Å². The molecule has 1 atom stereocenters. The maximum atomic E-state index is 5.48. The van der Waals surface area contributed by atoms with Crippen molar-refractivity contribution in [1.29, 1.82) is 0 Å². The SMILES string of the molecule is Cc1nsc(NCC2COCCO2)n1. The summed E-state index contributed by atoms with van der Waals surface area (Å²) in [5, 5.41) is 4.02. The van der Waals surface area contributed by atoms with Crippen LogP contribution in [0.5, 0.6) is 0 Å². The van der Waals surface area contributed by atoms with Gasteiger partial charge in [0.2, 0.25) is 5.13 Å². The predicted molar refractivity (Wildman–Crippen MR) is 53.7 cm³/mol. The van der Waals surface area contributed by atoms with Gasteiger partial charge in [0.05, 0.1) is 25.9 Å². The molecular formula is C8H13N3O2S. The number of hydrogen-bond donors (Lipinski definition) is 1. The van der Waals surface area contributed by atoms with E-state index in [1.807, 2.05) is 6.92 Å². The topological polar surface area (TPSA) is 56.3 Å². The molecule has 1 aromatic rings. The molecule has 0 aliphatic carbocycles. The van der Waals surface area contributed by atoms with Crippen LogP contribution < -0.4 is 5.32 Å². The van der Waals surface area contributed by atoms with Gasteiger partial charge in [0.15, 0.2) is 0 Å². The first-order chi connectivity index (χ1) is 6.84. The molecule has 1 N–H and O–H groups in total. The molecule has 0 radical (unpaired) electrons. The molecule has 78 valence electrons. The zero-order chi connectivity index (χ0) is 9.80. The summed E-state index contributed by atoms with van der Waals surface area (Å²) in [6, 6.07) is 0. The Morgan fingerprint density at radius 2 is 2.50 bits per heavy atom. The van der Waals surface area contributed by atoms with Crippen LogP contribution in [-0.2, 0) is 9.47 Å². The summed E-state index contributed by atoms with van der Waals surface area (Å²) < 4.78 is 14.8. The Morgan fingerprint density at radius 3 is 3.14 bits per heavy atom. The highest BCUT2D eigenvalue weighted by Gasteiger charge is 2.14. The highest BCUT2D eigenvalue weighted by atomic mass is 32.1. The quantitative estimate of drug-likeness (QED) is 0.803. The van der Waals surface area contributed by atoms with Gasteiger partial charge < -0.3 is 14.8 Å². The van der Waals surface area contributed by atoms with Gasteiger partial charge >= 0.3 is 0 Å². The van der Waals surface area contributed by atoms with E-state index in [1.54, 1.807) is 0 Å². The van der Waals surface area contributed by atoms with Crippen LogP contribution in [0.15, 0.2) is 0 Å². The fourth-order valence-electron chi connectivity index (χ4n) is 1.22. The number of rotatable bonds is 3. The van der Waals surface area contributed by atoms with Gasteiger partial charge in [-0.3, -0.25) is 0 Å². The predicted octanol–water partition coefficient (Wildman–Crippen LogP) is 0.674. The van der Waals surface area contributed by atoms with Crippen molar-refractivity contribution in [2.45, 2.75) is 13.0 Å². The Balaban J connectivity index is 1.76. The first-order valence-corrected chi connectivity index (χ1v) is 5.35. The summed E-state index contributed by atoms with van der Waals surface area (Å²) in [6.45, 7) is 4.65. The summed E-state index contributed by atoms with van der Waals surface area (Å²) in [5.74, 6) is 0.804.